The van der Waals surface area contributed by atoms with Crippen LogP contribution >= 0.6 is 15.9 Å². The number of aliphatic hydroxyl groups is 1. The van der Waals surface area contributed by atoms with E-state index in [0.29, 0.717) is 5.39 Å². The fourth-order valence-electron chi connectivity index (χ4n) is 3.58. The SMILES string of the molecule is CCCC(C=O)c1c(-c2ccc(Br)cc2)c2cc(C)ccc2c(=O)n1C.CO. The topological polar surface area (TPSA) is 59.3 Å². The van der Waals surface area contributed by atoms with E-state index in [1.165, 1.54) is 0 Å². The molecule has 3 rings (SSSR count). The summed E-state index contributed by atoms with van der Waals surface area (Å²) >= 11 is 3.48. The van der Waals surface area contributed by atoms with Crippen LogP contribution in [0.3, 0.4) is 0 Å². The van der Waals surface area contributed by atoms with Crippen LogP contribution in [0.4, 0.5) is 0 Å². The number of hydrogen-bond donors (Lipinski definition) is 1. The average molecular weight is 444 g/mol. The molecule has 0 radical (unpaired) electrons. The van der Waals surface area contributed by atoms with Crippen molar-refractivity contribution in [3.05, 3.63) is 68.5 Å². The van der Waals surface area contributed by atoms with Crippen LogP contribution in [0, 0.1) is 6.92 Å². The molecule has 1 aromatic heterocycles. The Morgan fingerprint density at radius 1 is 1.11 bits per heavy atom. The zero-order valence-corrected chi connectivity index (χ0v) is 18.3. The van der Waals surface area contributed by atoms with Crippen molar-refractivity contribution >= 4 is 33.0 Å². The summed E-state index contributed by atoms with van der Waals surface area (Å²) in [5, 5.41) is 8.59. The van der Waals surface area contributed by atoms with E-state index in [4.69, 9.17) is 5.11 Å². The molecule has 0 saturated carbocycles. The van der Waals surface area contributed by atoms with Crippen LogP contribution in [0.5, 0.6) is 0 Å². The van der Waals surface area contributed by atoms with Gasteiger partial charge in [-0.2, -0.15) is 0 Å². The number of aliphatic hydroxyl groups excluding tert-OH is 1. The molecule has 0 fully saturated rings. The maximum Gasteiger partial charge on any atom is 0.258 e. The number of pyridine rings is 1. The molecule has 0 aliphatic carbocycles. The van der Waals surface area contributed by atoms with Crippen molar-refractivity contribution in [1.29, 1.82) is 0 Å². The molecule has 1 heterocycles. The monoisotopic (exact) mass is 443 g/mol. The first kappa shape index (κ1) is 22.1. The standard InChI is InChI=1S/C22H22BrNO2.CH4O/c1-4-5-16(13-25)21-20(15-7-9-17(23)10-8-15)19-12-14(2)6-11-18(19)22(26)24(21)3;1-2/h6-13,16H,4-5H2,1-3H3;2H,1H3. The summed E-state index contributed by atoms with van der Waals surface area (Å²) in [6.07, 6.45) is 2.57. The molecule has 2 aromatic carbocycles. The number of aldehydes is 1. The van der Waals surface area contributed by atoms with Crippen molar-refractivity contribution in [2.24, 2.45) is 7.05 Å². The predicted molar refractivity (Wildman–Crippen MR) is 119 cm³/mol. The Hall–Kier alpha value is -2.24. The van der Waals surface area contributed by atoms with E-state index in [2.05, 4.69) is 22.9 Å². The lowest BCUT2D eigenvalue weighted by Crippen LogP contribution is -2.24. The smallest absolute Gasteiger partial charge is 0.258 e. The lowest BCUT2D eigenvalue weighted by Gasteiger charge is -2.22. The van der Waals surface area contributed by atoms with E-state index < -0.39 is 0 Å². The number of halogens is 1. The largest absolute Gasteiger partial charge is 0.400 e. The number of rotatable bonds is 5. The minimum Gasteiger partial charge on any atom is -0.400 e. The lowest BCUT2D eigenvalue weighted by molar-refractivity contribution is -0.109. The average Bonchev–Trinajstić information content (AvgIpc) is 2.71. The Labute approximate surface area is 174 Å². The molecule has 3 aromatic rings. The highest BCUT2D eigenvalue weighted by molar-refractivity contribution is 9.10. The van der Waals surface area contributed by atoms with Gasteiger partial charge < -0.3 is 14.5 Å². The number of benzene rings is 2. The number of carbonyl (C=O) groups is 1. The molecule has 0 aliphatic heterocycles. The third kappa shape index (κ3) is 4.26. The highest BCUT2D eigenvalue weighted by Gasteiger charge is 2.22. The van der Waals surface area contributed by atoms with Crippen molar-refractivity contribution in [2.75, 3.05) is 7.11 Å². The zero-order chi connectivity index (χ0) is 20.8. The minimum absolute atomic E-state index is 0.0567. The van der Waals surface area contributed by atoms with Gasteiger partial charge in [0.2, 0.25) is 0 Å². The van der Waals surface area contributed by atoms with Crippen LogP contribution in [0.15, 0.2) is 51.7 Å². The van der Waals surface area contributed by atoms with Gasteiger partial charge in [-0.15, -0.1) is 0 Å². The Morgan fingerprint density at radius 2 is 1.75 bits per heavy atom. The van der Waals surface area contributed by atoms with Crippen molar-refractivity contribution < 1.29 is 9.90 Å². The van der Waals surface area contributed by atoms with E-state index in [1.807, 2.05) is 49.4 Å². The Morgan fingerprint density at radius 3 is 2.32 bits per heavy atom. The number of nitrogens with zero attached hydrogens (tertiary/aromatic N) is 1. The molecule has 28 heavy (non-hydrogen) atoms. The van der Waals surface area contributed by atoms with E-state index in [-0.39, 0.29) is 11.5 Å². The molecule has 0 bridgehead atoms. The molecule has 0 saturated heterocycles. The van der Waals surface area contributed by atoms with Crippen LogP contribution < -0.4 is 5.56 Å². The number of aryl methyl sites for hydroxylation is 1. The predicted octanol–water partition coefficient (Wildman–Crippen LogP) is 4.97. The van der Waals surface area contributed by atoms with Crippen molar-refractivity contribution in [3.63, 3.8) is 0 Å². The van der Waals surface area contributed by atoms with Crippen LogP contribution in [0.25, 0.3) is 21.9 Å². The molecule has 1 unspecified atom stereocenters. The summed E-state index contributed by atoms with van der Waals surface area (Å²) in [6.45, 7) is 4.07. The summed E-state index contributed by atoms with van der Waals surface area (Å²) in [5.41, 5.74) is 3.82. The Kier molecular flexibility index (Phi) is 7.72. The van der Waals surface area contributed by atoms with E-state index in [9.17, 15) is 9.59 Å². The van der Waals surface area contributed by atoms with Gasteiger partial charge in [0.15, 0.2) is 0 Å². The van der Waals surface area contributed by atoms with Gasteiger partial charge in [0.05, 0.1) is 5.92 Å². The van der Waals surface area contributed by atoms with Crippen molar-refractivity contribution in [3.8, 4) is 11.1 Å². The second kappa shape index (κ2) is 9.80. The fraction of sp³-hybridized carbons (Fsp3) is 0.304. The van der Waals surface area contributed by atoms with Gasteiger partial charge in [0, 0.05) is 35.3 Å². The maximum atomic E-state index is 13.0. The van der Waals surface area contributed by atoms with Gasteiger partial charge in [0.25, 0.3) is 5.56 Å². The molecule has 1 N–H and O–H groups in total. The summed E-state index contributed by atoms with van der Waals surface area (Å²) in [6, 6.07) is 13.9. The van der Waals surface area contributed by atoms with E-state index >= 15 is 0 Å². The lowest BCUT2D eigenvalue weighted by atomic mass is 9.89. The molecule has 0 amide bonds. The number of carbonyl (C=O) groups excluding carboxylic acids is 1. The molecule has 5 heteroatoms. The third-order valence-corrected chi connectivity index (χ3v) is 5.37. The molecule has 1 atom stereocenters. The highest BCUT2D eigenvalue weighted by Crippen LogP contribution is 2.36. The van der Waals surface area contributed by atoms with E-state index in [1.54, 1.807) is 11.6 Å². The van der Waals surface area contributed by atoms with Crippen molar-refractivity contribution in [1.82, 2.24) is 4.57 Å². The Balaban J connectivity index is 0.00000136. The number of fused-ring (bicyclic) bond motifs is 1. The van der Waals surface area contributed by atoms with Gasteiger partial charge in [-0.3, -0.25) is 4.79 Å². The minimum atomic E-state index is -0.304. The molecule has 0 spiro atoms. The number of hydrogen-bond acceptors (Lipinski definition) is 3. The number of aromatic nitrogens is 1. The van der Waals surface area contributed by atoms with Gasteiger partial charge in [-0.1, -0.05) is 59.1 Å². The fourth-order valence-corrected chi connectivity index (χ4v) is 3.85. The highest BCUT2D eigenvalue weighted by atomic mass is 79.9. The first-order valence-corrected chi connectivity index (χ1v) is 10.1. The summed E-state index contributed by atoms with van der Waals surface area (Å²) in [4.78, 5) is 24.8. The van der Waals surface area contributed by atoms with E-state index in [0.717, 1.165) is 58.5 Å². The zero-order valence-electron chi connectivity index (χ0n) is 16.7. The van der Waals surface area contributed by atoms with Gasteiger partial charge >= 0.3 is 0 Å². The van der Waals surface area contributed by atoms with Gasteiger partial charge in [-0.25, -0.2) is 0 Å². The van der Waals surface area contributed by atoms with Gasteiger partial charge in [-0.05, 0) is 42.5 Å². The quantitative estimate of drug-likeness (QED) is 0.566. The second-order valence-electron chi connectivity index (χ2n) is 6.71. The molecule has 0 aliphatic rings. The van der Waals surface area contributed by atoms with Crippen molar-refractivity contribution in [2.45, 2.75) is 32.6 Å². The van der Waals surface area contributed by atoms with Gasteiger partial charge in [0.1, 0.15) is 6.29 Å². The summed E-state index contributed by atoms with van der Waals surface area (Å²) in [5.74, 6) is -0.304. The van der Waals surface area contributed by atoms with Crippen LogP contribution in [-0.2, 0) is 11.8 Å². The molecule has 4 nitrogen and oxygen atoms in total. The molecular formula is C23H26BrNO3. The molecular weight excluding hydrogens is 418 g/mol. The molecule has 148 valence electrons. The normalized spacial score (nSPS) is 11.6. The Bertz CT molecular complexity index is 1020. The third-order valence-electron chi connectivity index (χ3n) is 4.85. The second-order valence-corrected chi connectivity index (χ2v) is 7.63. The van der Waals surface area contributed by atoms with Crippen LogP contribution in [0.1, 0.15) is 36.9 Å². The first-order valence-electron chi connectivity index (χ1n) is 9.27. The van der Waals surface area contributed by atoms with Crippen LogP contribution in [0.2, 0.25) is 0 Å². The summed E-state index contributed by atoms with van der Waals surface area (Å²) < 4.78 is 2.65. The maximum absolute atomic E-state index is 13.0. The van der Waals surface area contributed by atoms with Crippen LogP contribution in [-0.4, -0.2) is 23.1 Å². The summed E-state index contributed by atoms with van der Waals surface area (Å²) in [7, 11) is 2.77. The first-order chi connectivity index (χ1) is 13.5.